The van der Waals surface area contributed by atoms with Gasteiger partial charge in [0.2, 0.25) is 5.91 Å². The summed E-state index contributed by atoms with van der Waals surface area (Å²) in [5.74, 6) is -0.198. The van der Waals surface area contributed by atoms with Gasteiger partial charge in [0, 0.05) is 24.8 Å². The average Bonchev–Trinajstić information content (AvgIpc) is 3.21. The minimum atomic E-state index is -0.165. The molecule has 27 heavy (non-hydrogen) atoms. The molecular formula is C20H24N2O4S. The van der Waals surface area contributed by atoms with Gasteiger partial charge in [-0.15, -0.1) is 0 Å². The summed E-state index contributed by atoms with van der Waals surface area (Å²) in [6, 6.07) is 7.86. The molecule has 1 aromatic carbocycles. The molecule has 0 N–H and O–H groups in total. The summed E-state index contributed by atoms with van der Waals surface area (Å²) in [5.41, 5.74) is 1.85. The van der Waals surface area contributed by atoms with Crippen LogP contribution in [0.5, 0.6) is 5.19 Å². The van der Waals surface area contributed by atoms with Crippen molar-refractivity contribution in [3.63, 3.8) is 0 Å². The van der Waals surface area contributed by atoms with E-state index in [1.165, 1.54) is 18.4 Å². The molecule has 0 unspecified atom stereocenters. The Morgan fingerprint density at radius 2 is 1.85 bits per heavy atom. The highest BCUT2D eigenvalue weighted by Gasteiger charge is 2.32. The molecule has 1 aromatic heterocycles. The number of carbonyl (C=O) groups excluding carboxylic acids is 2. The van der Waals surface area contributed by atoms with E-state index in [1.54, 1.807) is 25.3 Å². The lowest BCUT2D eigenvalue weighted by atomic mass is 9.81. The second-order valence-electron chi connectivity index (χ2n) is 6.71. The third-order valence-electron chi connectivity index (χ3n) is 5.12. The van der Waals surface area contributed by atoms with Gasteiger partial charge in [0.1, 0.15) is 0 Å². The molecule has 144 valence electrons. The Hall–Kier alpha value is -2.41. The highest BCUT2D eigenvalue weighted by atomic mass is 32.1. The fourth-order valence-electron chi connectivity index (χ4n) is 3.50. The summed E-state index contributed by atoms with van der Waals surface area (Å²) < 4.78 is 9.97. The van der Waals surface area contributed by atoms with Gasteiger partial charge in [-0.25, -0.2) is 4.98 Å². The minimum absolute atomic E-state index is 0.0527. The van der Waals surface area contributed by atoms with E-state index in [2.05, 4.69) is 4.98 Å². The third-order valence-corrected chi connectivity index (χ3v) is 6.13. The molecule has 7 heteroatoms. The molecule has 0 aliphatic heterocycles. The van der Waals surface area contributed by atoms with Gasteiger partial charge in [-0.3, -0.25) is 9.59 Å². The molecule has 3 rings (SSSR count). The second-order valence-corrected chi connectivity index (χ2v) is 7.71. The van der Waals surface area contributed by atoms with Crippen molar-refractivity contribution in [2.24, 2.45) is 11.8 Å². The van der Waals surface area contributed by atoms with Gasteiger partial charge in [0.15, 0.2) is 0 Å². The summed E-state index contributed by atoms with van der Waals surface area (Å²) in [6.07, 6.45) is 4.62. The maximum absolute atomic E-state index is 12.9. The van der Waals surface area contributed by atoms with E-state index in [9.17, 15) is 9.59 Å². The Morgan fingerprint density at radius 3 is 2.48 bits per heavy atom. The lowest BCUT2D eigenvalue weighted by Crippen LogP contribution is -2.36. The van der Waals surface area contributed by atoms with Gasteiger partial charge < -0.3 is 14.4 Å². The molecule has 1 heterocycles. The lowest BCUT2D eigenvalue weighted by molar-refractivity contribution is -0.147. The molecule has 1 aliphatic rings. The van der Waals surface area contributed by atoms with Crippen molar-refractivity contribution in [2.45, 2.75) is 25.7 Å². The van der Waals surface area contributed by atoms with Crippen LogP contribution in [0.25, 0.3) is 10.4 Å². The van der Waals surface area contributed by atoms with Gasteiger partial charge in [0.05, 0.1) is 25.0 Å². The molecular weight excluding hydrogens is 364 g/mol. The molecule has 0 spiro atoms. The predicted molar refractivity (Wildman–Crippen MR) is 105 cm³/mol. The number of amides is 1. The van der Waals surface area contributed by atoms with Crippen molar-refractivity contribution < 1.29 is 19.1 Å². The molecule has 0 saturated heterocycles. The Morgan fingerprint density at radius 1 is 1.15 bits per heavy atom. The zero-order valence-corrected chi connectivity index (χ0v) is 16.6. The van der Waals surface area contributed by atoms with Crippen LogP contribution in [0, 0.1) is 11.8 Å². The number of benzene rings is 1. The maximum Gasteiger partial charge on any atom is 0.308 e. The first-order valence-electron chi connectivity index (χ1n) is 8.99. The normalized spacial score (nSPS) is 19.4. The standard InChI is InChI=1S/C20H24N2O4S/c1-22(18(23)13-7-9-14(10-8-13)19(24)25-2)16-6-4-5-15(11-16)17-12-21-20(26-3)27-17/h4-6,11-14H,7-10H2,1-3H3. The van der Waals surface area contributed by atoms with Crippen molar-refractivity contribution in [1.82, 2.24) is 4.98 Å². The summed E-state index contributed by atoms with van der Waals surface area (Å²) in [6.45, 7) is 0. The maximum atomic E-state index is 12.9. The number of anilines is 1. The van der Waals surface area contributed by atoms with E-state index in [0.717, 1.165) is 16.1 Å². The zero-order valence-electron chi connectivity index (χ0n) is 15.8. The third kappa shape index (κ3) is 4.30. The Kier molecular flexibility index (Phi) is 6.11. The van der Waals surface area contributed by atoms with E-state index < -0.39 is 0 Å². The van der Waals surface area contributed by atoms with Crippen LogP contribution in [0.3, 0.4) is 0 Å². The van der Waals surface area contributed by atoms with E-state index in [-0.39, 0.29) is 23.7 Å². The molecule has 0 bridgehead atoms. The molecule has 0 atom stereocenters. The van der Waals surface area contributed by atoms with Crippen LogP contribution in [-0.4, -0.2) is 38.1 Å². The minimum Gasteiger partial charge on any atom is -0.473 e. The summed E-state index contributed by atoms with van der Waals surface area (Å²) in [7, 11) is 4.82. The summed E-state index contributed by atoms with van der Waals surface area (Å²) >= 11 is 1.47. The molecule has 6 nitrogen and oxygen atoms in total. The Labute approximate surface area is 163 Å². The number of thiazole rings is 1. The van der Waals surface area contributed by atoms with Crippen molar-refractivity contribution >= 4 is 28.9 Å². The first-order chi connectivity index (χ1) is 13.0. The lowest BCUT2D eigenvalue weighted by Gasteiger charge is -2.29. The van der Waals surface area contributed by atoms with Crippen molar-refractivity contribution in [1.29, 1.82) is 0 Å². The number of hydrogen-bond acceptors (Lipinski definition) is 6. The monoisotopic (exact) mass is 388 g/mol. The van der Waals surface area contributed by atoms with Crippen molar-refractivity contribution in [3.8, 4) is 15.6 Å². The molecule has 2 aromatic rings. The zero-order chi connectivity index (χ0) is 19.4. The van der Waals surface area contributed by atoms with Gasteiger partial charge in [0.25, 0.3) is 5.19 Å². The number of esters is 1. The van der Waals surface area contributed by atoms with Crippen LogP contribution in [0.15, 0.2) is 30.5 Å². The van der Waals surface area contributed by atoms with Crippen LogP contribution in [-0.2, 0) is 14.3 Å². The highest BCUT2D eigenvalue weighted by Crippen LogP contribution is 2.34. The van der Waals surface area contributed by atoms with Gasteiger partial charge in [-0.05, 0) is 43.4 Å². The first-order valence-corrected chi connectivity index (χ1v) is 9.80. The van der Waals surface area contributed by atoms with E-state index in [0.29, 0.717) is 30.9 Å². The average molecular weight is 388 g/mol. The Balaban J connectivity index is 1.68. The van der Waals surface area contributed by atoms with Gasteiger partial charge in [-0.1, -0.05) is 23.5 Å². The number of rotatable bonds is 5. The van der Waals surface area contributed by atoms with Crippen LogP contribution in [0.2, 0.25) is 0 Å². The van der Waals surface area contributed by atoms with Crippen LogP contribution >= 0.6 is 11.3 Å². The van der Waals surface area contributed by atoms with Gasteiger partial charge >= 0.3 is 5.97 Å². The predicted octanol–water partition coefficient (Wildman–Crippen LogP) is 3.76. The van der Waals surface area contributed by atoms with E-state index in [4.69, 9.17) is 9.47 Å². The summed E-state index contributed by atoms with van der Waals surface area (Å²) in [5, 5.41) is 0.613. The number of carbonyl (C=O) groups is 2. The molecule has 1 amide bonds. The van der Waals surface area contributed by atoms with Crippen molar-refractivity contribution in [2.75, 3.05) is 26.2 Å². The van der Waals surface area contributed by atoms with Crippen molar-refractivity contribution in [3.05, 3.63) is 30.5 Å². The largest absolute Gasteiger partial charge is 0.473 e. The summed E-state index contributed by atoms with van der Waals surface area (Å²) in [4.78, 5) is 31.5. The fourth-order valence-corrected chi connectivity index (χ4v) is 4.22. The first kappa shape index (κ1) is 19.4. The molecule has 1 fully saturated rings. The number of aromatic nitrogens is 1. The number of ether oxygens (including phenoxy) is 2. The molecule has 1 saturated carbocycles. The van der Waals surface area contributed by atoms with Crippen LogP contribution < -0.4 is 9.64 Å². The fraction of sp³-hybridized carbons (Fsp3) is 0.450. The van der Waals surface area contributed by atoms with Crippen LogP contribution in [0.1, 0.15) is 25.7 Å². The number of nitrogens with zero attached hydrogens (tertiary/aromatic N) is 2. The molecule has 0 radical (unpaired) electrons. The second kappa shape index (κ2) is 8.52. The van der Waals surface area contributed by atoms with Crippen LogP contribution in [0.4, 0.5) is 5.69 Å². The van der Waals surface area contributed by atoms with E-state index >= 15 is 0 Å². The van der Waals surface area contributed by atoms with E-state index in [1.807, 2.05) is 24.3 Å². The smallest absolute Gasteiger partial charge is 0.308 e. The molecule has 1 aliphatic carbocycles. The topological polar surface area (TPSA) is 68.7 Å². The number of methoxy groups -OCH3 is 2. The quantitative estimate of drug-likeness (QED) is 0.730. The SMILES string of the molecule is COC(=O)C1CCC(C(=O)N(C)c2cccc(-c3cnc(OC)s3)c2)CC1. The Bertz CT molecular complexity index is 812. The highest BCUT2D eigenvalue weighted by molar-refractivity contribution is 7.16. The van der Waals surface area contributed by atoms with Gasteiger partial charge in [-0.2, -0.15) is 0 Å². The number of hydrogen-bond donors (Lipinski definition) is 0.